The number of methoxy groups -OCH3 is 2. The fourth-order valence-corrected chi connectivity index (χ4v) is 4.75. The predicted molar refractivity (Wildman–Crippen MR) is 136 cm³/mol. The molecule has 1 aliphatic rings. The van der Waals surface area contributed by atoms with Gasteiger partial charge in [0.05, 0.1) is 30.0 Å². The number of ether oxygens (including phenoxy) is 2. The highest BCUT2D eigenvalue weighted by Gasteiger charge is 2.21. The number of piperazine rings is 1. The van der Waals surface area contributed by atoms with Crippen LogP contribution in [0.25, 0.3) is 22.0 Å². The van der Waals surface area contributed by atoms with Crippen LogP contribution in [0.4, 0.5) is 5.82 Å². The van der Waals surface area contributed by atoms with Crippen molar-refractivity contribution >= 4 is 51.4 Å². The van der Waals surface area contributed by atoms with Crippen LogP contribution < -0.4 is 14.8 Å². The highest BCUT2D eigenvalue weighted by Crippen LogP contribution is 2.46. The van der Waals surface area contributed by atoms with Crippen molar-refractivity contribution in [2.45, 2.75) is 0 Å². The van der Waals surface area contributed by atoms with Crippen molar-refractivity contribution in [3.63, 3.8) is 0 Å². The molecule has 0 aliphatic carbocycles. The Kier molecular flexibility index (Phi) is 7.66. The molecule has 0 spiro atoms. The topological polar surface area (TPSA) is 62.8 Å². The van der Waals surface area contributed by atoms with Gasteiger partial charge in [0, 0.05) is 67.9 Å². The minimum atomic E-state index is 0.362. The van der Waals surface area contributed by atoms with E-state index in [0.717, 1.165) is 50.0 Å². The van der Waals surface area contributed by atoms with Crippen molar-refractivity contribution in [3.05, 3.63) is 39.6 Å². The lowest BCUT2D eigenvalue weighted by atomic mass is 10.1. The molecule has 2 aromatic heterocycles. The molecule has 0 bridgehead atoms. The third-order valence-electron chi connectivity index (χ3n) is 5.83. The SMILES string of the molecule is COc1cc(OC)c(Cl)c(-c2cc3cnc(Cl)cc3c(NCCN3CCN(C)CC3)n2)c1Cl. The quantitative estimate of drug-likeness (QED) is 0.452. The molecule has 1 N–H and O–H groups in total. The molecule has 7 nitrogen and oxygen atoms in total. The van der Waals surface area contributed by atoms with Crippen molar-refractivity contribution in [2.75, 3.05) is 65.9 Å². The second-order valence-electron chi connectivity index (χ2n) is 7.94. The summed E-state index contributed by atoms with van der Waals surface area (Å²) >= 11 is 19.5. The van der Waals surface area contributed by atoms with E-state index in [1.54, 1.807) is 32.5 Å². The number of benzene rings is 1. The first-order valence-electron chi connectivity index (χ1n) is 10.6. The summed E-state index contributed by atoms with van der Waals surface area (Å²) in [4.78, 5) is 13.9. The summed E-state index contributed by atoms with van der Waals surface area (Å²) in [6.07, 6.45) is 1.72. The van der Waals surface area contributed by atoms with E-state index < -0.39 is 0 Å². The van der Waals surface area contributed by atoms with Crippen LogP contribution >= 0.6 is 34.8 Å². The number of anilines is 1. The van der Waals surface area contributed by atoms with E-state index in [-0.39, 0.29) is 0 Å². The Hall–Kier alpha value is -2.03. The smallest absolute Gasteiger partial charge is 0.141 e. The first-order valence-corrected chi connectivity index (χ1v) is 11.8. The summed E-state index contributed by atoms with van der Waals surface area (Å²) in [5, 5.41) is 6.34. The summed E-state index contributed by atoms with van der Waals surface area (Å²) in [5.74, 6) is 1.59. The number of fused-ring (bicyclic) bond motifs is 1. The predicted octanol–water partition coefficient (Wildman–Crippen LogP) is 4.93. The number of nitrogens with zero attached hydrogens (tertiary/aromatic N) is 4. The van der Waals surface area contributed by atoms with E-state index >= 15 is 0 Å². The Morgan fingerprint density at radius 3 is 2.27 bits per heavy atom. The van der Waals surface area contributed by atoms with Crippen molar-refractivity contribution in [3.8, 4) is 22.8 Å². The fourth-order valence-electron chi connectivity index (χ4n) is 3.90. The second-order valence-corrected chi connectivity index (χ2v) is 9.08. The van der Waals surface area contributed by atoms with Crippen LogP contribution in [0.3, 0.4) is 0 Å². The number of halogens is 3. The molecule has 1 aromatic carbocycles. The molecule has 0 saturated carbocycles. The maximum Gasteiger partial charge on any atom is 0.141 e. The Morgan fingerprint density at radius 2 is 1.64 bits per heavy atom. The van der Waals surface area contributed by atoms with Gasteiger partial charge in [0.15, 0.2) is 0 Å². The first-order chi connectivity index (χ1) is 15.9. The lowest BCUT2D eigenvalue weighted by Gasteiger charge is -2.32. The molecule has 0 atom stereocenters. The van der Waals surface area contributed by atoms with Crippen LogP contribution in [-0.4, -0.2) is 80.3 Å². The van der Waals surface area contributed by atoms with Crippen LogP contribution in [0, 0.1) is 0 Å². The second kappa shape index (κ2) is 10.5. The molecule has 4 rings (SSSR count). The minimum Gasteiger partial charge on any atom is -0.495 e. The molecule has 1 saturated heterocycles. The van der Waals surface area contributed by atoms with Crippen LogP contribution in [-0.2, 0) is 0 Å². The molecule has 33 heavy (non-hydrogen) atoms. The molecule has 10 heteroatoms. The van der Waals surface area contributed by atoms with Gasteiger partial charge in [-0.05, 0) is 19.2 Å². The van der Waals surface area contributed by atoms with Gasteiger partial charge in [-0.1, -0.05) is 34.8 Å². The van der Waals surface area contributed by atoms with Gasteiger partial charge in [-0.2, -0.15) is 0 Å². The fraction of sp³-hybridized carbons (Fsp3) is 0.391. The molecule has 0 amide bonds. The van der Waals surface area contributed by atoms with E-state index in [9.17, 15) is 0 Å². The lowest BCUT2D eigenvalue weighted by molar-refractivity contribution is 0.158. The van der Waals surface area contributed by atoms with Gasteiger partial charge in [0.2, 0.25) is 0 Å². The minimum absolute atomic E-state index is 0.362. The molecular formula is C23H26Cl3N5O2. The summed E-state index contributed by atoms with van der Waals surface area (Å²) < 4.78 is 10.8. The van der Waals surface area contributed by atoms with E-state index in [1.807, 2.05) is 6.07 Å². The highest BCUT2D eigenvalue weighted by molar-refractivity contribution is 6.41. The molecule has 1 fully saturated rings. The number of nitrogens with one attached hydrogen (secondary N) is 1. The van der Waals surface area contributed by atoms with Gasteiger partial charge in [0.1, 0.15) is 22.5 Å². The van der Waals surface area contributed by atoms with Crippen molar-refractivity contribution in [2.24, 2.45) is 0 Å². The molecule has 0 radical (unpaired) electrons. The third kappa shape index (κ3) is 5.23. The monoisotopic (exact) mass is 509 g/mol. The van der Waals surface area contributed by atoms with Gasteiger partial charge in [-0.3, -0.25) is 4.90 Å². The first kappa shape index (κ1) is 24.1. The maximum absolute atomic E-state index is 6.65. The highest BCUT2D eigenvalue weighted by atomic mass is 35.5. The van der Waals surface area contributed by atoms with Crippen molar-refractivity contribution < 1.29 is 9.47 Å². The Labute approximate surface area is 208 Å². The van der Waals surface area contributed by atoms with Crippen LogP contribution in [0.2, 0.25) is 15.2 Å². The number of hydrogen-bond donors (Lipinski definition) is 1. The molecule has 1 aliphatic heterocycles. The maximum atomic E-state index is 6.65. The summed E-state index contributed by atoms with van der Waals surface area (Å²) in [5.41, 5.74) is 1.12. The molecular weight excluding hydrogens is 485 g/mol. The number of aromatic nitrogens is 2. The van der Waals surface area contributed by atoms with E-state index in [2.05, 4.69) is 27.1 Å². The molecule has 3 heterocycles. The molecule has 3 aromatic rings. The largest absolute Gasteiger partial charge is 0.495 e. The standard InChI is InChI=1S/C23H26Cl3N5O2/c1-30-6-8-31(9-7-30)5-4-27-23-15-11-19(24)28-13-14(15)10-16(29-23)20-21(25)17(32-2)12-18(33-3)22(20)26/h10-13H,4-9H2,1-3H3,(H,27,29). The average Bonchev–Trinajstić information content (AvgIpc) is 2.81. The van der Waals surface area contributed by atoms with E-state index in [1.165, 1.54) is 0 Å². The number of pyridine rings is 2. The summed E-state index contributed by atoms with van der Waals surface area (Å²) in [6.45, 7) is 5.90. The Morgan fingerprint density at radius 1 is 0.970 bits per heavy atom. The van der Waals surface area contributed by atoms with Gasteiger partial charge in [-0.25, -0.2) is 9.97 Å². The van der Waals surface area contributed by atoms with E-state index in [4.69, 9.17) is 49.3 Å². The zero-order valence-corrected chi connectivity index (χ0v) is 21.1. The summed E-state index contributed by atoms with van der Waals surface area (Å²) in [7, 11) is 5.24. The Bertz CT molecular complexity index is 1120. The van der Waals surface area contributed by atoms with Crippen molar-refractivity contribution in [1.82, 2.24) is 19.8 Å². The summed E-state index contributed by atoms with van der Waals surface area (Å²) in [6, 6.07) is 5.35. The van der Waals surface area contributed by atoms with Gasteiger partial charge >= 0.3 is 0 Å². The Balaban J connectivity index is 1.72. The lowest BCUT2D eigenvalue weighted by Crippen LogP contribution is -2.45. The average molecular weight is 511 g/mol. The molecule has 0 unspecified atom stereocenters. The zero-order valence-electron chi connectivity index (χ0n) is 18.8. The molecule has 176 valence electrons. The van der Waals surface area contributed by atoms with Gasteiger partial charge < -0.3 is 19.7 Å². The number of rotatable bonds is 7. The number of hydrogen-bond acceptors (Lipinski definition) is 7. The normalized spacial score (nSPS) is 15.1. The van der Waals surface area contributed by atoms with Gasteiger partial charge in [0.25, 0.3) is 0 Å². The number of likely N-dealkylation sites (N-methyl/N-ethyl adjacent to an activating group) is 1. The van der Waals surface area contributed by atoms with Gasteiger partial charge in [-0.15, -0.1) is 0 Å². The third-order valence-corrected chi connectivity index (χ3v) is 6.78. The van der Waals surface area contributed by atoms with Crippen molar-refractivity contribution in [1.29, 1.82) is 0 Å². The van der Waals surface area contributed by atoms with Crippen LogP contribution in [0.5, 0.6) is 11.5 Å². The van der Waals surface area contributed by atoms with Crippen LogP contribution in [0.15, 0.2) is 24.4 Å². The van der Waals surface area contributed by atoms with Crippen LogP contribution in [0.1, 0.15) is 0 Å². The zero-order chi connectivity index (χ0) is 23.5. The van der Waals surface area contributed by atoms with E-state index in [0.29, 0.717) is 43.8 Å².